The molecule has 2 aliphatic carbocycles. The molecule has 1 aromatic carbocycles. The number of nitrogens with one attached hydrogen (secondary N) is 2. The Morgan fingerprint density at radius 2 is 1.80 bits per heavy atom. The fourth-order valence-electron chi connectivity index (χ4n) is 4.54. The second-order valence-electron chi connectivity index (χ2n) is 9.51. The molecule has 2 aromatic rings. The lowest BCUT2D eigenvalue weighted by atomic mass is 9.72. The lowest BCUT2D eigenvalue weighted by Crippen LogP contribution is -2.34. The van der Waals surface area contributed by atoms with Crippen LogP contribution in [-0.4, -0.2) is 28.3 Å². The van der Waals surface area contributed by atoms with Crippen molar-refractivity contribution in [3.63, 3.8) is 0 Å². The zero-order chi connectivity index (χ0) is 21.5. The van der Waals surface area contributed by atoms with Gasteiger partial charge in [0.25, 0.3) is 0 Å². The molecule has 3 fully saturated rings. The second-order valence-corrected chi connectivity index (χ2v) is 9.51. The van der Waals surface area contributed by atoms with Crippen LogP contribution in [0.1, 0.15) is 64.3 Å². The molecule has 6 nitrogen and oxygen atoms in total. The molecule has 5 rings (SSSR count). The van der Waals surface area contributed by atoms with Crippen LogP contribution in [0.25, 0.3) is 17.1 Å². The molecule has 1 saturated heterocycles. The van der Waals surface area contributed by atoms with Crippen LogP contribution in [0.4, 0.5) is 0 Å². The van der Waals surface area contributed by atoms with E-state index in [1.165, 1.54) is 38.2 Å². The molecule has 1 aromatic heterocycles. The Labute approximate surface area is 177 Å². The molecule has 30 heavy (non-hydrogen) atoms. The van der Waals surface area contributed by atoms with E-state index in [-0.39, 0.29) is 23.1 Å². The summed E-state index contributed by atoms with van der Waals surface area (Å²) in [4.78, 5) is 29.7. The fourth-order valence-corrected chi connectivity index (χ4v) is 4.54. The smallest absolute Gasteiger partial charge is 0.224 e. The first kappa shape index (κ1) is 20.6. The SMILES string of the molecule is CC(C)(c1ccc2nc(C=C(C3CC3)C3CC3)[nH]c2c1)C1CCNC1=O.CC(N)=O. The minimum absolute atomic E-state index is 0.0403. The van der Waals surface area contributed by atoms with Gasteiger partial charge in [0.2, 0.25) is 11.8 Å². The highest BCUT2D eigenvalue weighted by Gasteiger charge is 2.39. The van der Waals surface area contributed by atoms with Crippen molar-refractivity contribution >= 4 is 28.9 Å². The molecule has 160 valence electrons. The molecule has 2 heterocycles. The molecule has 4 N–H and O–H groups in total. The van der Waals surface area contributed by atoms with Crippen molar-refractivity contribution in [3.8, 4) is 0 Å². The average Bonchev–Trinajstić information content (AvgIpc) is 3.60. The number of carbonyl (C=O) groups is 2. The number of amides is 2. The van der Waals surface area contributed by atoms with Gasteiger partial charge in [-0.15, -0.1) is 0 Å². The first-order valence-electron chi connectivity index (χ1n) is 11.0. The van der Waals surface area contributed by atoms with Crippen LogP contribution < -0.4 is 11.1 Å². The summed E-state index contributed by atoms with van der Waals surface area (Å²) in [6.07, 6.45) is 8.63. The van der Waals surface area contributed by atoms with E-state index in [1.807, 2.05) is 0 Å². The predicted molar refractivity (Wildman–Crippen MR) is 119 cm³/mol. The number of nitrogens with two attached hydrogens (primary N) is 1. The summed E-state index contributed by atoms with van der Waals surface area (Å²) in [6, 6.07) is 6.44. The number of carbonyl (C=O) groups excluding carboxylic acids is 2. The maximum absolute atomic E-state index is 12.2. The Morgan fingerprint density at radius 3 is 2.33 bits per heavy atom. The number of fused-ring (bicyclic) bond motifs is 1. The Hall–Kier alpha value is -2.63. The van der Waals surface area contributed by atoms with Crippen LogP contribution in [0, 0.1) is 17.8 Å². The molecule has 1 aliphatic heterocycles. The standard InChI is InChI=1S/C22H27N3O.C2H5NO/c1-22(2,17-9-10-23-21(17)26)15-7-8-18-19(11-15)25-20(24-18)12-16(13-3-4-13)14-5-6-14;1-2(3)4/h7-8,11-14,17H,3-6,9-10H2,1-2H3,(H,23,26)(H,24,25);1H3,(H2,3,4). The van der Waals surface area contributed by atoms with Gasteiger partial charge in [0.15, 0.2) is 0 Å². The van der Waals surface area contributed by atoms with Crippen LogP contribution in [0.15, 0.2) is 23.8 Å². The van der Waals surface area contributed by atoms with Crippen molar-refractivity contribution in [2.24, 2.45) is 23.5 Å². The topological polar surface area (TPSA) is 101 Å². The van der Waals surface area contributed by atoms with Crippen molar-refractivity contribution in [2.75, 3.05) is 6.54 Å². The van der Waals surface area contributed by atoms with Crippen LogP contribution >= 0.6 is 0 Å². The summed E-state index contributed by atoms with van der Waals surface area (Å²) in [6.45, 7) is 6.46. The molecule has 3 aliphatic rings. The quantitative estimate of drug-likeness (QED) is 0.703. The maximum atomic E-state index is 12.2. The lowest BCUT2D eigenvalue weighted by Gasteiger charge is -2.30. The maximum Gasteiger partial charge on any atom is 0.224 e. The number of nitrogens with zero attached hydrogens (tertiary/aromatic N) is 1. The number of aromatic nitrogens is 2. The molecule has 1 atom stereocenters. The van der Waals surface area contributed by atoms with Gasteiger partial charge >= 0.3 is 0 Å². The van der Waals surface area contributed by atoms with E-state index in [0.29, 0.717) is 0 Å². The van der Waals surface area contributed by atoms with E-state index in [0.717, 1.165) is 41.7 Å². The van der Waals surface area contributed by atoms with Crippen LogP contribution in [0.5, 0.6) is 0 Å². The zero-order valence-electron chi connectivity index (χ0n) is 18.1. The van der Waals surface area contributed by atoms with Gasteiger partial charge in [-0.25, -0.2) is 4.98 Å². The molecule has 2 saturated carbocycles. The molecule has 6 heteroatoms. The molecule has 1 unspecified atom stereocenters. The number of hydrogen-bond donors (Lipinski definition) is 3. The van der Waals surface area contributed by atoms with Crippen molar-refractivity contribution < 1.29 is 9.59 Å². The van der Waals surface area contributed by atoms with Gasteiger partial charge in [-0.1, -0.05) is 25.5 Å². The minimum atomic E-state index is -0.333. The normalized spacial score (nSPS) is 21.0. The largest absolute Gasteiger partial charge is 0.370 e. The molecular weight excluding hydrogens is 376 g/mol. The van der Waals surface area contributed by atoms with Gasteiger partial charge in [-0.2, -0.15) is 0 Å². The number of primary amides is 1. The highest BCUT2D eigenvalue weighted by Crippen LogP contribution is 2.49. The zero-order valence-corrected chi connectivity index (χ0v) is 18.1. The van der Waals surface area contributed by atoms with E-state index in [2.05, 4.69) is 54.2 Å². The first-order chi connectivity index (χ1) is 14.3. The molecule has 2 amide bonds. The Bertz CT molecular complexity index is 978. The summed E-state index contributed by atoms with van der Waals surface area (Å²) >= 11 is 0. The van der Waals surface area contributed by atoms with E-state index in [1.54, 1.807) is 5.57 Å². The van der Waals surface area contributed by atoms with Gasteiger partial charge in [-0.05, 0) is 67.7 Å². The van der Waals surface area contributed by atoms with Gasteiger partial charge in [0, 0.05) is 24.8 Å². The molecule has 0 spiro atoms. The Kier molecular flexibility index (Phi) is 5.43. The lowest BCUT2D eigenvalue weighted by molar-refractivity contribution is -0.124. The van der Waals surface area contributed by atoms with Crippen molar-refractivity contribution in [1.82, 2.24) is 15.3 Å². The number of hydrogen-bond acceptors (Lipinski definition) is 3. The number of imidazole rings is 1. The van der Waals surface area contributed by atoms with Gasteiger partial charge < -0.3 is 16.0 Å². The number of benzene rings is 1. The second kappa shape index (κ2) is 7.89. The summed E-state index contributed by atoms with van der Waals surface area (Å²) in [5, 5.41) is 2.97. The van der Waals surface area contributed by atoms with Gasteiger partial charge in [0.1, 0.15) is 5.82 Å². The van der Waals surface area contributed by atoms with Gasteiger partial charge in [-0.3, -0.25) is 9.59 Å². The molecular formula is C24H32N4O2. The van der Waals surface area contributed by atoms with Crippen molar-refractivity contribution in [1.29, 1.82) is 0 Å². The monoisotopic (exact) mass is 408 g/mol. The molecule has 0 bridgehead atoms. The number of rotatable bonds is 5. The van der Waals surface area contributed by atoms with E-state index >= 15 is 0 Å². The third-order valence-corrected chi connectivity index (χ3v) is 6.56. The highest BCUT2D eigenvalue weighted by atomic mass is 16.2. The fraction of sp³-hybridized carbons (Fsp3) is 0.542. The summed E-state index contributed by atoms with van der Waals surface area (Å²) in [5.41, 5.74) is 9.20. The third-order valence-electron chi connectivity index (χ3n) is 6.56. The Morgan fingerprint density at radius 1 is 1.17 bits per heavy atom. The van der Waals surface area contributed by atoms with E-state index in [9.17, 15) is 9.59 Å². The van der Waals surface area contributed by atoms with Crippen molar-refractivity contribution in [3.05, 3.63) is 35.2 Å². The number of aromatic amines is 1. The highest BCUT2D eigenvalue weighted by molar-refractivity contribution is 5.83. The minimum Gasteiger partial charge on any atom is -0.370 e. The third kappa shape index (κ3) is 4.42. The summed E-state index contributed by atoms with van der Waals surface area (Å²) < 4.78 is 0. The van der Waals surface area contributed by atoms with Gasteiger partial charge in [0.05, 0.1) is 11.0 Å². The van der Waals surface area contributed by atoms with Crippen LogP contribution in [0.2, 0.25) is 0 Å². The summed E-state index contributed by atoms with van der Waals surface area (Å²) in [7, 11) is 0. The van der Waals surface area contributed by atoms with Crippen LogP contribution in [-0.2, 0) is 15.0 Å². The summed E-state index contributed by atoms with van der Waals surface area (Å²) in [5.74, 6) is 2.50. The first-order valence-corrected chi connectivity index (χ1v) is 11.0. The number of allylic oxidation sites excluding steroid dienone is 1. The Balaban J connectivity index is 0.000000503. The number of H-pyrrole nitrogens is 1. The average molecular weight is 409 g/mol. The predicted octanol–water partition coefficient (Wildman–Crippen LogP) is 3.67. The van der Waals surface area contributed by atoms with E-state index in [4.69, 9.17) is 4.98 Å². The molecule has 0 radical (unpaired) electrons. The van der Waals surface area contributed by atoms with Crippen molar-refractivity contribution in [2.45, 2.75) is 58.3 Å². The van der Waals surface area contributed by atoms with Crippen LogP contribution in [0.3, 0.4) is 0 Å². The van der Waals surface area contributed by atoms with E-state index < -0.39 is 0 Å².